The van der Waals surface area contributed by atoms with Gasteiger partial charge in [-0.25, -0.2) is 14.6 Å². The first-order valence-corrected chi connectivity index (χ1v) is 6.60. The van der Waals surface area contributed by atoms with Gasteiger partial charge in [0.2, 0.25) is 0 Å². The van der Waals surface area contributed by atoms with Crippen LogP contribution in [-0.4, -0.2) is 33.8 Å². The Bertz CT molecular complexity index is 588. The minimum atomic E-state index is -2.30. The molecule has 21 heavy (non-hydrogen) atoms. The molecule has 0 saturated heterocycles. The van der Waals surface area contributed by atoms with E-state index < -0.39 is 21.7 Å². The molecule has 114 valence electrons. The fraction of sp³-hybridized carbons (Fsp3) is 0.200. The summed E-state index contributed by atoms with van der Waals surface area (Å²) in [5.74, 6) is -1.99. The molecule has 1 rings (SSSR count). The van der Waals surface area contributed by atoms with E-state index >= 15 is 0 Å². The Morgan fingerprint density at radius 1 is 1.24 bits per heavy atom. The van der Waals surface area contributed by atoms with Gasteiger partial charge in [0.05, 0.1) is 12.8 Å². The van der Waals surface area contributed by atoms with Crippen LogP contribution >= 0.6 is 46.4 Å². The largest absolute Gasteiger partial charge is 0.464 e. The van der Waals surface area contributed by atoms with Crippen molar-refractivity contribution in [1.82, 2.24) is 10.3 Å². The summed E-state index contributed by atoms with van der Waals surface area (Å²) in [6, 6.07) is 1.59. The molecule has 3 amide bonds. The Labute approximate surface area is 138 Å². The lowest BCUT2D eigenvalue weighted by atomic mass is 10.3. The van der Waals surface area contributed by atoms with Crippen LogP contribution in [0.5, 0.6) is 0 Å². The number of anilines is 1. The summed E-state index contributed by atoms with van der Waals surface area (Å²) >= 11 is 21.5. The van der Waals surface area contributed by atoms with E-state index in [4.69, 9.17) is 46.4 Å². The van der Waals surface area contributed by atoms with Crippen LogP contribution in [0.15, 0.2) is 12.1 Å². The van der Waals surface area contributed by atoms with Crippen molar-refractivity contribution in [3.8, 4) is 0 Å². The molecule has 0 spiro atoms. The molecule has 1 heterocycles. The maximum Gasteiger partial charge on any atom is 0.358 e. The number of alkyl halides is 3. The van der Waals surface area contributed by atoms with E-state index in [2.05, 4.69) is 15.0 Å². The van der Waals surface area contributed by atoms with Gasteiger partial charge in [0.15, 0.2) is 5.69 Å². The molecule has 2 N–H and O–H groups in total. The average molecular weight is 375 g/mol. The summed E-state index contributed by atoms with van der Waals surface area (Å²) in [6.07, 6.45) is 0. The Balaban J connectivity index is 2.91. The summed E-state index contributed by atoms with van der Waals surface area (Å²) in [6.45, 7) is 0. The van der Waals surface area contributed by atoms with Gasteiger partial charge in [-0.05, 0) is 12.1 Å². The van der Waals surface area contributed by atoms with Gasteiger partial charge in [-0.2, -0.15) is 0 Å². The standard InChI is InChI=1S/C10H7Cl4N3O4/c1-21-7(18)6-4(2-3-5(11)16-6)15-9(20)17-8(19)10(12,13)14/h2-3H,1H3,(H2,15,17,19,20). The maximum absolute atomic E-state index is 11.6. The summed E-state index contributed by atoms with van der Waals surface area (Å²) in [5.41, 5.74) is -0.289. The number of esters is 1. The summed E-state index contributed by atoms with van der Waals surface area (Å²) < 4.78 is 2.18. The predicted molar refractivity (Wildman–Crippen MR) is 78.0 cm³/mol. The van der Waals surface area contributed by atoms with Crippen LogP contribution in [0, 0.1) is 0 Å². The highest BCUT2D eigenvalue weighted by molar-refractivity contribution is 6.76. The van der Waals surface area contributed by atoms with Crippen molar-refractivity contribution in [3.63, 3.8) is 0 Å². The molecular weight excluding hydrogens is 368 g/mol. The lowest BCUT2D eigenvalue weighted by Crippen LogP contribution is -2.41. The fourth-order valence-electron chi connectivity index (χ4n) is 1.12. The van der Waals surface area contributed by atoms with Crippen LogP contribution in [0.4, 0.5) is 10.5 Å². The van der Waals surface area contributed by atoms with Crippen LogP contribution < -0.4 is 10.6 Å². The number of carbonyl (C=O) groups is 3. The first kappa shape index (κ1) is 17.8. The highest BCUT2D eigenvalue weighted by atomic mass is 35.6. The zero-order valence-corrected chi connectivity index (χ0v) is 13.3. The highest BCUT2D eigenvalue weighted by Gasteiger charge is 2.32. The molecule has 0 aliphatic heterocycles. The molecule has 1 aromatic rings. The van der Waals surface area contributed by atoms with E-state index in [-0.39, 0.29) is 16.5 Å². The SMILES string of the molecule is COC(=O)c1nc(Cl)ccc1NC(=O)NC(=O)C(Cl)(Cl)Cl. The number of rotatable bonds is 2. The third-order valence-corrected chi connectivity index (χ3v) is 2.70. The molecule has 0 saturated carbocycles. The van der Waals surface area contributed by atoms with Gasteiger partial charge in [0.25, 0.3) is 9.70 Å². The van der Waals surface area contributed by atoms with Crippen LogP contribution in [0.1, 0.15) is 10.5 Å². The van der Waals surface area contributed by atoms with Crippen molar-refractivity contribution in [2.24, 2.45) is 0 Å². The molecule has 7 nitrogen and oxygen atoms in total. The number of hydrogen-bond donors (Lipinski definition) is 2. The number of amides is 3. The number of ether oxygens (including phenoxy) is 1. The first-order valence-electron chi connectivity index (χ1n) is 5.09. The molecule has 1 aromatic heterocycles. The van der Waals surface area contributed by atoms with E-state index in [9.17, 15) is 14.4 Å². The lowest BCUT2D eigenvalue weighted by molar-refractivity contribution is -0.119. The fourth-order valence-corrected chi connectivity index (χ4v) is 1.41. The van der Waals surface area contributed by atoms with Gasteiger partial charge in [-0.3, -0.25) is 10.1 Å². The van der Waals surface area contributed by atoms with E-state index in [1.807, 2.05) is 0 Å². The van der Waals surface area contributed by atoms with Crippen LogP contribution in [0.2, 0.25) is 5.15 Å². The minimum absolute atomic E-state index is 0.0127. The summed E-state index contributed by atoms with van der Waals surface area (Å²) in [4.78, 5) is 38.1. The molecule has 0 unspecified atom stereocenters. The third-order valence-electron chi connectivity index (χ3n) is 1.97. The molecule has 0 radical (unpaired) electrons. The summed E-state index contributed by atoms with van der Waals surface area (Å²) in [5, 5.41) is 3.97. The molecule has 0 fully saturated rings. The zero-order chi connectivity index (χ0) is 16.2. The molecule has 11 heteroatoms. The number of hydrogen-bond acceptors (Lipinski definition) is 5. The number of nitrogens with one attached hydrogen (secondary N) is 2. The Kier molecular flexibility index (Phi) is 6.03. The second-order valence-electron chi connectivity index (χ2n) is 3.43. The topological polar surface area (TPSA) is 97.4 Å². The minimum Gasteiger partial charge on any atom is -0.464 e. The number of methoxy groups -OCH3 is 1. The van der Waals surface area contributed by atoms with E-state index in [1.165, 1.54) is 12.1 Å². The van der Waals surface area contributed by atoms with Crippen LogP contribution in [0.25, 0.3) is 0 Å². The van der Waals surface area contributed by atoms with Gasteiger partial charge in [0, 0.05) is 0 Å². The van der Waals surface area contributed by atoms with Crippen molar-refractivity contribution in [1.29, 1.82) is 0 Å². The molecular formula is C10H7Cl4N3O4. The van der Waals surface area contributed by atoms with E-state index in [1.54, 1.807) is 5.32 Å². The molecule has 0 aliphatic rings. The predicted octanol–water partition coefficient (Wildman–Crippen LogP) is 2.54. The van der Waals surface area contributed by atoms with Crippen LogP contribution in [-0.2, 0) is 9.53 Å². The monoisotopic (exact) mass is 373 g/mol. The van der Waals surface area contributed by atoms with Gasteiger partial charge in [-0.15, -0.1) is 0 Å². The second-order valence-corrected chi connectivity index (χ2v) is 6.10. The van der Waals surface area contributed by atoms with Crippen molar-refractivity contribution in [2.75, 3.05) is 12.4 Å². The molecule has 0 aromatic carbocycles. The number of aromatic nitrogens is 1. The summed E-state index contributed by atoms with van der Waals surface area (Å²) in [7, 11) is 1.13. The first-order chi connectivity index (χ1) is 9.65. The third kappa shape index (κ3) is 5.20. The average Bonchev–Trinajstić information content (AvgIpc) is 2.38. The van der Waals surface area contributed by atoms with Crippen molar-refractivity contribution < 1.29 is 19.1 Å². The van der Waals surface area contributed by atoms with E-state index in [0.717, 1.165) is 7.11 Å². The van der Waals surface area contributed by atoms with E-state index in [0.29, 0.717) is 0 Å². The van der Waals surface area contributed by atoms with Gasteiger partial charge in [-0.1, -0.05) is 46.4 Å². The normalized spacial score (nSPS) is 10.7. The number of urea groups is 1. The van der Waals surface area contributed by atoms with Crippen molar-refractivity contribution >= 4 is 70.0 Å². The highest BCUT2D eigenvalue weighted by Crippen LogP contribution is 2.26. The number of nitrogens with zero attached hydrogens (tertiary/aromatic N) is 1. The van der Waals surface area contributed by atoms with Crippen molar-refractivity contribution in [2.45, 2.75) is 3.79 Å². The molecule has 0 aliphatic carbocycles. The van der Waals surface area contributed by atoms with Crippen molar-refractivity contribution in [3.05, 3.63) is 23.0 Å². The number of halogens is 4. The number of imide groups is 1. The maximum atomic E-state index is 11.6. The number of carbonyl (C=O) groups excluding carboxylic acids is 3. The smallest absolute Gasteiger partial charge is 0.358 e. The Hall–Kier alpha value is -1.28. The van der Waals surface area contributed by atoms with Gasteiger partial charge < -0.3 is 10.1 Å². The lowest BCUT2D eigenvalue weighted by Gasteiger charge is -2.12. The number of pyridine rings is 1. The Morgan fingerprint density at radius 3 is 2.38 bits per heavy atom. The van der Waals surface area contributed by atoms with Crippen LogP contribution in [0.3, 0.4) is 0 Å². The molecule has 0 atom stereocenters. The quantitative estimate of drug-likeness (QED) is 0.471. The molecule has 0 bridgehead atoms. The van der Waals surface area contributed by atoms with Gasteiger partial charge >= 0.3 is 12.0 Å². The second kappa shape index (κ2) is 7.13. The van der Waals surface area contributed by atoms with Gasteiger partial charge in [0.1, 0.15) is 5.15 Å². The Morgan fingerprint density at radius 2 is 1.86 bits per heavy atom. The zero-order valence-electron chi connectivity index (χ0n) is 10.2.